The van der Waals surface area contributed by atoms with E-state index in [1.54, 1.807) is 30.3 Å². The molecule has 1 aliphatic rings. The Labute approximate surface area is 178 Å². The smallest absolute Gasteiger partial charge is 0.261 e. The van der Waals surface area contributed by atoms with Crippen LogP contribution in [0.4, 0.5) is 14.5 Å². The molecule has 0 aromatic heterocycles. The molecule has 158 valence electrons. The van der Waals surface area contributed by atoms with Crippen LogP contribution in [0.2, 0.25) is 0 Å². The molecular weight excluding hydrogens is 400 g/mol. The van der Waals surface area contributed by atoms with Crippen molar-refractivity contribution in [1.82, 2.24) is 0 Å². The lowest BCUT2D eigenvalue weighted by molar-refractivity contribution is 0.0616. The Morgan fingerprint density at radius 1 is 0.968 bits per heavy atom. The van der Waals surface area contributed by atoms with Crippen LogP contribution in [0.1, 0.15) is 46.5 Å². The second-order valence-electron chi connectivity index (χ2n) is 8.20. The van der Waals surface area contributed by atoms with Gasteiger partial charge in [-0.2, -0.15) is 0 Å². The molecule has 4 rings (SSSR count). The van der Waals surface area contributed by atoms with Gasteiger partial charge >= 0.3 is 0 Å². The van der Waals surface area contributed by atoms with E-state index in [9.17, 15) is 18.4 Å². The summed E-state index contributed by atoms with van der Waals surface area (Å²) in [5.74, 6) is -2.06. The lowest BCUT2D eigenvalue weighted by atomic mass is 9.89. The number of Topliss-reactive ketones (excluding diaryl/α,β-unsaturated/α-hetero) is 1. The quantitative estimate of drug-likeness (QED) is 0.570. The minimum atomic E-state index is -0.920. The average molecular weight is 421 g/mol. The fraction of sp³-hybridized carbons (Fsp3) is 0.200. The molecule has 0 radical (unpaired) electrons. The van der Waals surface area contributed by atoms with E-state index in [-0.39, 0.29) is 5.78 Å². The summed E-state index contributed by atoms with van der Waals surface area (Å²) in [4.78, 5) is 24.7. The Bertz CT molecular complexity index is 1180. The zero-order valence-corrected chi connectivity index (χ0v) is 17.4. The highest BCUT2D eigenvalue weighted by Gasteiger charge is 2.34. The monoisotopic (exact) mass is 421 g/mol. The Morgan fingerprint density at radius 2 is 1.58 bits per heavy atom. The molecule has 1 aliphatic heterocycles. The number of hydrogen-bond acceptors (Lipinski definition) is 3. The van der Waals surface area contributed by atoms with E-state index in [1.165, 1.54) is 6.07 Å². The maximum atomic E-state index is 13.8. The third kappa shape index (κ3) is 3.93. The number of rotatable bonds is 3. The molecule has 0 bridgehead atoms. The number of ether oxygens (including phenoxy) is 1. The molecule has 3 aromatic carbocycles. The van der Waals surface area contributed by atoms with Gasteiger partial charge in [-0.3, -0.25) is 9.59 Å². The first kappa shape index (κ1) is 20.7. The van der Waals surface area contributed by atoms with E-state index >= 15 is 0 Å². The molecule has 3 aromatic rings. The molecule has 1 N–H and O–H groups in total. The highest BCUT2D eigenvalue weighted by atomic mass is 19.1. The molecule has 0 unspecified atom stereocenters. The maximum absolute atomic E-state index is 13.8. The largest absolute Gasteiger partial charge is 0.486 e. The molecule has 1 heterocycles. The number of amides is 1. The highest BCUT2D eigenvalue weighted by molar-refractivity contribution is 6.05. The molecule has 1 amide bonds. The second kappa shape index (κ2) is 7.61. The molecule has 0 saturated heterocycles. The third-order valence-corrected chi connectivity index (χ3v) is 5.31. The van der Waals surface area contributed by atoms with Gasteiger partial charge in [-0.1, -0.05) is 24.3 Å². The van der Waals surface area contributed by atoms with Gasteiger partial charge in [0.15, 0.2) is 5.78 Å². The molecule has 0 saturated carbocycles. The number of fused-ring (bicyclic) bond motifs is 1. The Balaban J connectivity index is 1.61. The van der Waals surface area contributed by atoms with Gasteiger partial charge in [0.2, 0.25) is 0 Å². The zero-order valence-electron chi connectivity index (χ0n) is 17.4. The maximum Gasteiger partial charge on any atom is 0.261 e. The van der Waals surface area contributed by atoms with Crippen LogP contribution in [-0.2, 0) is 0 Å². The number of ketones is 1. The summed E-state index contributed by atoms with van der Waals surface area (Å²) in [6, 6.07) is 13.8. The fourth-order valence-electron chi connectivity index (χ4n) is 3.79. The molecule has 6 heteroatoms. The van der Waals surface area contributed by atoms with Crippen molar-refractivity contribution in [1.29, 1.82) is 0 Å². The van der Waals surface area contributed by atoms with Crippen LogP contribution in [0.5, 0.6) is 5.75 Å². The van der Waals surface area contributed by atoms with Gasteiger partial charge in [0.1, 0.15) is 28.5 Å². The van der Waals surface area contributed by atoms with E-state index in [4.69, 9.17) is 4.74 Å². The third-order valence-electron chi connectivity index (χ3n) is 5.31. The number of nitrogens with one attached hydrogen (secondary N) is 1. The summed E-state index contributed by atoms with van der Waals surface area (Å²) in [5, 5.41) is 2.51. The predicted molar refractivity (Wildman–Crippen MR) is 115 cm³/mol. The summed E-state index contributed by atoms with van der Waals surface area (Å²) >= 11 is 0. The van der Waals surface area contributed by atoms with Gasteiger partial charge in [0, 0.05) is 5.69 Å². The van der Waals surface area contributed by atoms with Crippen molar-refractivity contribution in [3.05, 3.63) is 82.9 Å². The van der Waals surface area contributed by atoms with Crippen molar-refractivity contribution in [3.8, 4) is 16.9 Å². The SMILES string of the molecule is Cc1c(-c2ccc(NC(=O)c3c(F)cccc3F)cc2)ccc2c1OC(C)(C)CC2=O. The molecule has 0 spiro atoms. The fourth-order valence-corrected chi connectivity index (χ4v) is 3.79. The topological polar surface area (TPSA) is 55.4 Å². The summed E-state index contributed by atoms with van der Waals surface area (Å²) in [7, 11) is 0. The number of carbonyl (C=O) groups is 2. The molecule has 0 fully saturated rings. The van der Waals surface area contributed by atoms with Gasteiger partial charge in [0.25, 0.3) is 5.91 Å². The lowest BCUT2D eigenvalue weighted by Crippen LogP contribution is -2.36. The van der Waals surface area contributed by atoms with Crippen LogP contribution >= 0.6 is 0 Å². The Kier molecular flexibility index (Phi) is 5.09. The van der Waals surface area contributed by atoms with Crippen LogP contribution < -0.4 is 10.1 Å². The Morgan fingerprint density at radius 3 is 2.23 bits per heavy atom. The minimum absolute atomic E-state index is 0.0549. The van der Waals surface area contributed by atoms with Gasteiger partial charge in [-0.25, -0.2) is 8.78 Å². The predicted octanol–water partition coefficient (Wildman–Crippen LogP) is 5.94. The van der Waals surface area contributed by atoms with Crippen LogP contribution in [0, 0.1) is 18.6 Å². The van der Waals surface area contributed by atoms with Crippen LogP contribution in [0.3, 0.4) is 0 Å². The molecule has 4 nitrogen and oxygen atoms in total. The van der Waals surface area contributed by atoms with Crippen LogP contribution in [0.25, 0.3) is 11.1 Å². The average Bonchev–Trinajstić information content (AvgIpc) is 2.69. The van der Waals surface area contributed by atoms with Gasteiger partial charge < -0.3 is 10.1 Å². The normalized spacial score (nSPS) is 14.5. The van der Waals surface area contributed by atoms with E-state index < -0.39 is 28.7 Å². The standard InChI is InChI=1S/C25H21F2NO3/c1-14-17(11-12-18-21(29)13-25(2,3)31-23(14)18)15-7-9-16(10-8-15)28-24(30)22-19(26)5-4-6-20(22)27/h4-12H,13H2,1-3H3,(H,28,30). The number of anilines is 1. The first-order chi connectivity index (χ1) is 14.7. The first-order valence-electron chi connectivity index (χ1n) is 9.88. The van der Waals surface area contributed by atoms with Gasteiger partial charge in [-0.15, -0.1) is 0 Å². The van der Waals surface area contributed by atoms with Gasteiger partial charge in [-0.05, 0) is 67.8 Å². The number of hydrogen-bond donors (Lipinski definition) is 1. The number of halogens is 2. The Hall–Kier alpha value is -3.54. The zero-order chi connectivity index (χ0) is 22.3. The lowest BCUT2D eigenvalue weighted by Gasteiger charge is -2.33. The summed E-state index contributed by atoms with van der Waals surface area (Å²) in [6.07, 6.45) is 0.329. The van der Waals surface area contributed by atoms with E-state index in [1.807, 2.05) is 26.8 Å². The van der Waals surface area contributed by atoms with Gasteiger partial charge in [0.05, 0.1) is 12.0 Å². The van der Waals surface area contributed by atoms with Crippen molar-refractivity contribution in [2.45, 2.75) is 32.8 Å². The van der Waals surface area contributed by atoms with E-state index in [0.29, 0.717) is 23.4 Å². The first-order valence-corrected chi connectivity index (χ1v) is 9.88. The summed E-state index contributed by atoms with van der Waals surface area (Å²) in [5.41, 5.74) is 2.39. The van der Waals surface area contributed by atoms with Crippen molar-refractivity contribution in [2.24, 2.45) is 0 Å². The molecule has 0 aliphatic carbocycles. The highest BCUT2D eigenvalue weighted by Crippen LogP contribution is 2.40. The van der Waals surface area contributed by atoms with Crippen molar-refractivity contribution in [3.63, 3.8) is 0 Å². The van der Waals surface area contributed by atoms with E-state index in [2.05, 4.69) is 5.32 Å². The number of benzene rings is 3. The molecule has 31 heavy (non-hydrogen) atoms. The van der Waals surface area contributed by atoms with Crippen LogP contribution in [-0.4, -0.2) is 17.3 Å². The van der Waals surface area contributed by atoms with Crippen LogP contribution in [0.15, 0.2) is 54.6 Å². The molecular formula is C25H21F2NO3. The molecule has 0 atom stereocenters. The summed E-state index contributed by atoms with van der Waals surface area (Å²) < 4.78 is 33.7. The van der Waals surface area contributed by atoms with Crippen molar-refractivity contribution >= 4 is 17.4 Å². The second-order valence-corrected chi connectivity index (χ2v) is 8.20. The van der Waals surface area contributed by atoms with Crippen molar-refractivity contribution < 1.29 is 23.1 Å². The van der Waals surface area contributed by atoms with Crippen molar-refractivity contribution in [2.75, 3.05) is 5.32 Å². The minimum Gasteiger partial charge on any atom is -0.486 e. The summed E-state index contributed by atoms with van der Waals surface area (Å²) in [6.45, 7) is 5.67. The van der Waals surface area contributed by atoms with E-state index in [0.717, 1.165) is 28.8 Å². The number of carbonyl (C=O) groups excluding carboxylic acids is 2.